The molecule has 1 rings (SSSR count). The summed E-state index contributed by atoms with van der Waals surface area (Å²) in [6.07, 6.45) is 0.405. The van der Waals surface area contributed by atoms with E-state index in [0.29, 0.717) is 12.1 Å². The molecule has 0 saturated heterocycles. The van der Waals surface area contributed by atoms with Crippen molar-refractivity contribution >= 4 is 25.6 Å². The number of hydrogen-bond donors (Lipinski definition) is 1. The molecule has 20 heavy (non-hydrogen) atoms. The van der Waals surface area contributed by atoms with E-state index in [1.54, 1.807) is 0 Å². The molecule has 0 atom stereocenters. The lowest BCUT2D eigenvalue weighted by molar-refractivity contribution is -0.120. The van der Waals surface area contributed by atoms with E-state index >= 15 is 0 Å². The minimum atomic E-state index is -4.22. The summed E-state index contributed by atoms with van der Waals surface area (Å²) >= 11 is 0. The number of rotatable bonds is 6. The number of benzene rings is 1. The van der Waals surface area contributed by atoms with Crippen LogP contribution in [0.1, 0.15) is 12.8 Å². The van der Waals surface area contributed by atoms with Gasteiger partial charge in [-0.05, 0) is 18.6 Å². The molecule has 1 amide bonds. The number of amides is 1. The number of halogens is 3. The number of ether oxygens (including phenoxy) is 1. The van der Waals surface area contributed by atoms with E-state index in [9.17, 15) is 22.0 Å². The van der Waals surface area contributed by atoms with Gasteiger partial charge in [0.25, 0.3) is 9.05 Å². The first-order chi connectivity index (χ1) is 9.25. The van der Waals surface area contributed by atoms with Gasteiger partial charge in [0, 0.05) is 24.2 Å². The van der Waals surface area contributed by atoms with Crippen molar-refractivity contribution in [2.75, 3.05) is 13.7 Å². The SMILES string of the molecule is CNC(=O)CCCOc1c(F)cc(S(=O)(=O)Cl)cc1F. The average molecular weight is 328 g/mol. The van der Waals surface area contributed by atoms with E-state index in [1.807, 2.05) is 0 Å². The molecule has 0 unspecified atom stereocenters. The standard InChI is InChI=1S/C11H12ClF2NO4S/c1-15-10(16)3-2-4-19-11-8(13)5-7(6-9(11)14)20(12,17)18/h5-6H,2-4H2,1H3,(H,15,16). The van der Waals surface area contributed by atoms with Crippen LogP contribution in [-0.4, -0.2) is 28.0 Å². The fourth-order valence-electron chi connectivity index (χ4n) is 1.35. The lowest BCUT2D eigenvalue weighted by Crippen LogP contribution is -2.18. The third-order valence-electron chi connectivity index (χ3n) is 2.33. The molecule has 1 N–H and O–H groups in total. The highest BCUT2D eigenvalue weighted by Gasteiger charge is 2.19. The van der Waals surface area contributed by atoms with Crippen LogP contribution in [0.15, 0.2) is 17.0 Å². The van der Waals surface area contributed by atoms with Gasteiger partial charge in [0.1, 0.15) is 0 Å². The zero-order chi connectivity index (χ0) is 15.3. The molecule has 0 saturated carbocycles. The number of hydrogen-bond acceptors (Lipinski definition) is 4. The summed E-state index contributed by atoms with van der Waals surface area (Å²) in [5.41, 5.74) is 0. The molecule has 9 heteroatoms. The largest absolute Gasteiger partial charge is 0.488 e. The van der Waals surface area contributed by atoms with Gasteiger partial charge in [-0.1, -0.05) is 0 Å². The third kappa shape index (κ3) is 4.61. The van der Waals surface area contributed by atoms with Gasteiger partial charge in [-0.25, -0.2) is 17.2 Å². The van der Waals surface area contributed by atoms with Crippen molar-refractivity contribution in [1.82, 2.24) is 5.32 Å². The number of carbonyl (C=O) groups excluding carboxylic acids is 1. The highest BCUT2D eigenvalue weighted by molar-refractivity contribution is 8.13. The van der Waals surface area contributed by atoms with Gasteiger partial charge in [0.2, 0.25) is 5.91 Å². The molecule has 0 heterocycles. The molecule has 1 aromatic rings. The van der Waals surface area contributed by atoms with Gasteiger partial charge in [0.15, 0.2) is 17.4 Å². The molecule has 0 radical (unpaired) electrons. The van der Waals surface area contributed by atoms with E-state index in [-0.39, 0.29) is 25.4 Å². The Morgan fingerprint density at radius 1 is 1.35 bits per heavy atom. The van der Waals surface area contributed by atoms with Crippen LogP contribution >= 0.6 is 10.7 Å². The van der Waals surface area contributed by atoms with Gasteiger partial charge < -0.3 is 10.1 Å². The summed E-state index contributed by atoms with van der Waals surface area (Å²) in [4.78, 5) is 10.2. The molecule has 5 nitrogen and oxygen atoms in total. The van der Waals surface area contributed by atoms with E-state index in [1.165, 1.54) is 7.05 Å². The van der Waals surface area contributed by atoms with E-state index in [0.717, 1.165) is 0 Å². The minimum absolute atomic E-state index is 0.0891. The lowest BCUT2D eigenvalue weighted by atomic mass is 10.3. The molecule has 0 bridgehead atoms. The first-order valence-corrected chi connectivity index (χ1v) is 7.83. The normalized spacial score (nSPS) is 11.2. The van der Waals surface area contributed by atoms with Crippen molar-refractivity contribution in [3.8, 4) is 5.75 Å². The minimum Gasteiger partial charge on any atom is -0.488 e. The van der Waals surface area contributed by atoms with Crippen LogP contribution < -0.4 is 10.1 Å². The fourth-order valence-corrected chi connectivity index (χ4v) is 2.10. The Hall–Kier alpha value is -1.41. The second-order valence-electron chi connectivity index (χ2n) is 3.78. The Morgan fingerprint density at radius 2 is 1.90 bits per heavy atom. The van der Waals surface area contributed by atoms with Gasteiger partial charge in [-0.3, -0.25) is 4.79 Å². The molecule has 0 aliphatic carbocycles. The van der Waals surface area contributed by atoms with Crippen molar-refractivity contribution in [1.29, 1.82) is 0 Å². The summed E-state index contributed by atoms with van der Waals surface area (Å²) in [5, 5.41) is 2.39. The van der Waals surface area contributed by atoms with Crippen molar-refractivity contribution in [2.45, 2.75) is 17.7 Å². The van der Waals surface area contributed by atoms with Crippen LogP contribution in [0.4, 0.5) is 8.78 Å². The van der Waals surface area contributed by atoms with Crippen molar-refractivity contribution in [3.63, 3.8) is 0 Å². The maximum atomic E-state index is 13.5. The predicted octanol–water partition coefficient (Wildman–Crippen LogP) is 1.80. The predicted molar refractivity (Wildman–Crippen MR) is 68.2 cm³/mol. The molecule has 0 spiro atoms. The first-order valence-electron chi connectivity index (χ1n) is 5.52. The summed E-state index contributed by atoms with van der Waals surface area (Å²) in [6, 6.07) is 1.14. The zero-order valence-corrected chi connectivity index (χ0v) is 12.0. The zero-order valence-electron chi connectivity index (χ0n) is 10.5. The van der Waals surface area contributed by atoms with Crippen molar-refractivity contribution in [3.05, 3.63) is 23.8 Å². The Kier molecular flexibility index (Phi) is 5.70. The van der Waals surface area contributed by atoms with Gasteiger partial charge >= 0.3 is 0 Å². The Morgan fingerprint density at radius 3 is 2.35 bits per heavy atom. The molecule has 112 valence electrons. The maximum absolute atomic E-state index is 13.5. The number of carbonyl (C=O) groups is 1. The van der Waals surface area contributed by atoms with E-state index < -0.39 is 31.3 Å². The molecular formula is C11H12ClF2NO4S. The fraction of sp³-hybridized carbons (Fsp3) is 0.364. The maximum Gasteiger partial charge on any atom is 0.261 e. The van der Waals surface area contributed by atoms with Crippen molar-refractivity contribution in [2.24, 2.45) is 0 Å². The first kappa shape index (κ1) is 16.6. The highest BCUT2D eigenvalue weighted by atomic mass is 35.7. The van der Waals surface area contributed by atoms with Crippen LogP contribution in [0.3, 0.4) is 0 Å². The van der Waals surface area contributed by atoms with Gasteiger partial charge in [-0.15, -0.1) is 0 Å². The lowest BCUT2D eigenvalue weighted by Gasteiger charge is -2.09. The quantitative estimate of drug-likeness (QED) is 0.639. The Balaban J connectivity index is 2.75. The van der Waals surface area contributed by atoms with E-state index in [2.05, 4.69) is 5.32 Å². The molecule has 0 aromatic heterocycles. The molecular weight excluding hydrogens is 316 g/mol. The topological polar surface area (TPSA) is 72.5 Å². The number of nitrogens with one attached hydrogen (secondary N) is 1. The van der Waals surface area contributed by atoms with Gasteiger partial charge in [0.05, 0.1) is 11.5 Å². The van der Waals surface area contributed by atoms with Gasteiger partial charge in [-0.2, -0.15) is 0 Å². The average Bonchev–Trinajstić information content (AvgIpc) is 2.35. The second kappa shape index (κ2) is 6.85. The summed E-state index contributed by atoms with van der Waals surface area (Å²) in [5.74, 6) is -3.28. The molecule has 1 aromatic carbocycles. The smallest absolute Gasteiger partial charge is 0.261 e. The molecule has 0 aliphatic rings. The monoisotopic (exact) mass is 327 g/mol. The summed E-state index contributed by atoms with van der Waals surface area (Å²) in [6.45, 7) is -0.0891. The highest BCUT2D eigenvalue weighted by Crippen LogP contribution is 2.27. The van der Waals surface area contributed by atoms with Crippen LogP contribution in [0, 0.1) is 11.6 Å². The Bertz CT molecular complexity index is 583. The molecule has 0 aliphatic heterocycles. The Labute approximate surface area is 119 Å². The second-order valence-corrected chi connectivity index (χ2v) is 6.35. The molecule has 0 fully saturated rings. The summed E-state index contributed by atoms with van der Waals surface area (Å²) in [7, 11) is 2.23. The summed E-state index contributed by atoms with van der Waals surface area (Å²) < 4.78 is 53.8. The van der Waals surface area contributed by atoms with Crippen LogP contribution in [0.2, 0.25) is 0 Å². The van der Waals surface area contributed by atoms with E-state index in [4.69, 9.17) is 15.4 Å². The van der Waals surface area contributed by atoms with Crippen molar-refractivity contribution < 1.29 is 26.7 Å². The van der Waals surface area contributed by atoms with Crippen LogP contribution in [0.25, 0.3) is 0 Å². The van der Waals surface area contributed by atoms with Crippen LogP contribution in [0.5, 0.6) is 5.75 Å². The van der Waals surface area contributed by atoms with Crippen LogP contribution in [-0.2, 0) is 13.8 Å². The third-order valence-corrected chi connectivity index (χ3v) is 3.66.